The minimum Gasteiger partial charge on any atom is -0.469 e. The quantitative estimate of drug-likeness (QED) is 0.593. The Hall–Kier alpha value is -1.42. The van der Waals surface area contributed by atoms with E-state index < -0.39 is 0 Å². The SMILES string of the molecule is COC(=O)C1(CNCCc2ccccn2)CC1. The molecule has 0 spiro atoms. The summed E-state index contributed by atoms with van der Waals surface area (Å²) >= 11 is 0. The average molecular weight is 234 g/mol. The van der Waals surface area contributed by atoms with Gasteiger partial charge in [0.2, 0.25) is 0 Å². The molecule has 1 heterocycles. The van der Waals surface area contributed by atoms with E-state index in [1.807, 2.05) is 18.2 Å². The maximum Gasteiger partial charge on any atom is 0.313 e. The summed E-state index contributed by atoms with van der Waals surface area (Å²) in [6, 6.07) is 5.90. The lowest BCUT2D eigenvalue weighted by Gasteiger charge is -2.13. The zero-order valence-electron chi connectivity index (χ0n) is 10.1. The van der Waals surface area contributed by atoms with Crippen LogP contribution in [0.25, 0.3) is 0 Å². The number of pyridine rings is 1. The maximum atomic E-state index is 11.5. The van der Waals surface area contributed by atoms with Gasteiger partial charge in [-0.25, -0.2) is 0 Å². The van der Waals surface area contributed by atoms with Crippen LogP contribution in [0.1, 0.15) is 18.5 Å². The van der Waals surface area contributed by atoms with Gasteiger partial charge >= 0.3 is 5.97 Å². The van der Waals surface area contributed by atoms with Gasteiger partial charge in [0.15, 0.2) is 0 Å². The number of nitrogens with one attached hydrogen (secondary N) is 1. The van der Waals surface area contributed by atoms with Crippen molar-refractivity contribution >= 4 is 5.97 Å². The molecule has 1 aliphatic rings. The van der Waals surface area contributed by atoms with Crippen LogP contribution in [0.3, 0.4) is 0 Å². The highest BCUT2D eigenvalue weighted by Gasteiger charge is 2.50. The predicted octanol–water partition coefficient (Wildman–Crippen LogP) is 1.17. The molecule has 4 heteroatoms. The summed E-state index contributed by atoms with van der Waals surface area (Å²) in [4.78, 5) is 15.7. The third kappa shape index (κ3) is 3.03. The summed E-state index contributed by atoms with van der Waals surface area (Å²) in [7, 11) is 1.45. The minimum atomic E-state index is -0.237. The number of aromatic nitrogens is 1. The molecule has 0 aromatic carbocycles. The molecular weight excluding hydrogens is 216 g/mol. The fraction of sp³-hybridized carbons (Fsp3) is 0.538. The van der Waals surface area contributed by atoms with Crippen molar-refractivity contribution in [2.24, 2.45) is 5.41 Å². The van der Waals surface area contributed by atoms with Gasteiger partial charge in [0.05, 0.1) is 12.5 Å². The number of carbonyl (C=O) groups excluding carboxylic acids is 1. The Morgan fingerprint density at radius 2 is 2.35 bits per heavy atom. The molecule has 1 aromatic rings. The van der Waals surface area contributed by atoms with E-state index in [0.717, 1.165) is 31.5 Å². The third-order valence-electron chi connectivity index (χ3n) is 3.22. The molecule has 1 aromatic heterocycles. The van der Waals surface area contributed by atoms with Gasteiger partial charge in [0.25, 0.3) is 0 Å². The van der Waals surface area contributed by atoms with Crippen LogP contribution in [0, 0.1) is 5.41 Å². The van der Waals surface area contributed by atoms with E-state index in [4.69, 9.17) is 4.74 Å². The van der Waals surface area contributed by atoms with Crippen LogP contribution in [0.2, 0.25) is 0 Å². The van der Waals surface area contributed by atoms with E-state index in [-0.39, 0.29) is 11.4 Å². The predicted molar refractivity (Wildman–Crippen MR) is 64.5 cm³/mol. The lowest BCUT2D eigenvalue weighted by molar-refractivity contribution is -0.146. The first-order valence-electron chi connectivity index (χ1n) is 5.96. The van der Waals surface area contributed by atoms with Gasteiger partial charge < -0.3 is 10.1 Å². The number of hydrogen-bond donors (Lipinski definition) is 1. The van der Waals surface area contributed by atoms with E-state index in [9.17, 15) is 4.79 Å². The number of nitrogens with zero attached hydrogens (tertiary/aromatic N) is 1. The molecule has 0 radical (unpaired) electrons. The Balaban J connectivity index is 1.69. The normalized spacial score (nSPS) is 16.5. The van der Waals surface area contributed by atoms with Crippen LogP contribution in [0.15, 0.2) is 24.4 Å². The third-order valence-corrected chi connectivity index (χ3v) is 3.22. The Kier molecular flexibility index (Phi) is 3.74. The number of carbonyl (C=O) groups is 1. The van der Waals surface area contributed by atoms with Gasteiger partial charge in [0.1, 0.15) is 0 Å². The number of rotatable bonds is 6. The Morgan fingerprint density at radius 3 is 2.94 bits per heavy atom. The first kappa shape index (κ1) is 12.0. The molecule has 0 saturated heterocycles. The summed E-state index contributed by atoms with van der Waals surface area (Å²) in [5.41, 5.74) is 0.835. The molecule has 1 saturated carbocycles. The van der Waals surface area contributed by atoms with E-state index >= 15 is 0 Å². The van der Waals surface area contributed by atoms with Crippen molar-refractivity contribution in [3.63, 3.8) is 0 Å². The summed E-state index contributed by atoms with van der Waals surface area (Å²) in [6.45, 7) is 1.56. The lowest BCUT2D eigenvalue weighted by Crippen LogP contribution is -2.32. The summed E-state index contributed by atoms with van der Waals surface area (Å²) < 4.78 is 4.80. The standard InChI is InChI=1S/C13H18N2O2/c1-17-12(16)13(6-7-13)10-14-9-5-11-4-2-3-8-15-11/h2-4,8,14H,5-7,9-10H2,1H3. The largest absolute Gasteiger partial charge is 0.469 e. The fourth-order valence-corrected chi connectivity index (χ4v) is 1.91. The second-order valence-electron chi connectivity index (χ2n) is 4.52. The van der Waals surface area contributed by atoms with Crippen molar-refractivity contribution in [2.75, 3.05) is 20.2 Å². The van der Waals surface area contributed by atoms with Crippen molar-refractivity contribution < 1.29 is 9.53 Å². The van der Waals surface area contributed by atoms with Gasteiger partial charge in [0, 0.05) is 31.4 Å². The monoisotopic (exact) mass is 234 g/mol. The molecule has 2 rings (SSSR count). The number of esters is 1. The molecule has 1 aliphatic carbocycles. The first-order valence-corrected chi connectivity index (χ1v) is 5.96. The Morgan fingerprint density at radius 1 is 1.53 bits per heavy atom. The van der Waals surface area contributed by atoms with Crippen molar-refractivity contribution in [1.82, 2.24) is 10.3 Å². The van der Waals surface area contributed by atoms with Crippen LogP contribution in [-0.4, -0.2) is 31.2 Å². The molecule has 92 valence electrons. The molecule has 0 aliphatic heterocycles. The van der Waals surface area contributed by atoms with Crippen LogP contribution in [0.5, 0.6) is 0 Å². The second kappa shape index (κ2) is 5.27. The van der Waals surface area contributed by atoms with Gasteiger partial charge in [-0.05, 0) is 25.0 Å². The van der Waals surface area contributed by atoms with Crippen LogP contribution >= 0.6 is 0 Å². The fourth-order valence-electron chi connectivity index (χ4n) is 1.91. The average Bonchev–Trinajstić information content (AvgIpc) is 3.16. The highest BCUT2D eigenvalue weighted by Crippen LogP contribution is 2.45. The summed E-state index contributed by atoms with van der Waals surface area (Å²) in [5.74, 6) is -0.0807. The van der Waals surface area contributed by atoms with E-state index in [1.54, 1.807) is 6.20 Å². The van der Waals surface area contributed by atoms with E-state index in [0.29, 0.717) is 6.54 Å². The molecule has 4 nitrogen and oxygen atoms in total. The molecule has 1 N–H and O–H groups in total. The molecule has 0 bridgehead atoms. The first-order chi connectivity index (χ1) is 8.27. The van der Waals surface area contributed by atoms with Crippen molar-refractivity contribution in [1.29, 1.82) is 0 Å². The van der Waals surface area contributed by atoms with Gasteiger partial charge in [-0.1, -0.05) is 6.07 Å². The molecule has 17 heavy (non-hydrogen) atoms. The Bertz CT molecular complexity index is 374. The van der Waals surface area contributed by atoms with Crippen molar-refractivity contribution in [3.05, 3.63) is 30.1 Å². The van der Waals surface area contributed by atoms with Gasteiger partial charge in [-0.3, -0.25) is 9.78 Å². The molecule has 0 unspecified atom stereocenters. The summed E-state index contributed by atoms with van der Waals surface area (Å²) in [6.07, 6.45) is 4.57. The highest BCUT2D eigenvalue weighted by molar-refractivity contribution is 5.80. The van der Waals surface area contributed by atoms with E-state index in [2.05, 4.69) is 10.3 Å². The smallest absolute Gasteiger partial charge is 0.313 e. The molecule has 0 amide bonds. The number of ether oxygens (including phenoxy) is 1. The topological polar surface area (TPSA) is 51.2 Å². The Labute approximate surface area is 101 Å². The minimum absolute atomic E-state index is 0.0807. The summed E-state index contributed by atoms with van der Waals surface area (Å²) in [5, 5.41) is 3.31. The highest BCUT2D eigenvalue weighted by atomic mass is 16.5. The zero-order chi connectivity index (χ0) is 12.1. The van der Waals surface area contributed by atoms with Gasteiger partial charge in [-0.15, -0.1) is 0 Å². The van der Waals surface area contributed by atoms with Crippen LogP contribution in [0.4, 0.5) is 0 Å². The van der Waals surface area contributed by atoms with Crippen LogP contribution in [-0.2, 0) is 16.0 Å². The number of hydrogen-bond acceptors (Lipinski definition) is 4. The van der Waals surface area contributed by atoms with Crippen molar-refractivity contribution in [2.45, 2.75) is 19.3 Å². The van der Waals surface area contributed by atoms with E-state index in [1.165, 1.54) is 7.11 Å². The second-order valence-corrected chi connectivity index (χ2v) is 4.52. The molecular formula is C13H18N2O2. The lowest BCUT2D eigenvalue weighted by atomic mass is 10.1. The molecule has 0 atom stereocenters. The maximum absolute atomic E-state index is 11.5. The zero-order valence-corrected chi connectivity index (χ0v) is 10.1. The number of methoxy groups -OCH3 is 1. The van der Waals surface area contributed by atoms with Crippen molar-refractivity contribution in [3.8, 4) is 0 Å². The van der Waals surface area contributed by atoms with Crippen LogP contribution < -0.4 is 5.32 Å². The van der Waals surface area contributed by atoms with Gasteiger partial charge in [-0.2, -0.15) is 0 Å². The molecule has 1 fully saturated rings.